The van der Waals surface area contributed by atoms with Crippen LogP contribution in [0.25, 0.3) is 0 Å². The summed E-state index contributed by atoms with van der Waals surface area (Å²) in [5.41, 5.74) is -0.443. The van der Waals surface area contributed by atoms with Crippen LogP contribution in [0.5, 0.6) is 11.5 Å². The topological polar surface area (TPSA) is 85.4 Å². The van der Waals surface area contributed by atoms with Gasteiger partial charge in [-0.15, -0.1) is 13.2 Å². The predicted octanol–water partition coefficient (Wildman–Crippen LogP) is 6.77. The van der Waals surface area contributed by atoms with Gasteiger partial charge in [0.2, 0.25) is 0 Å². The second-order valence-corrected chi connectivity index (χ2v) is 12.6. The van der Waals surface area contributed by atoms with Crippen LogP contribution in [0.4, 0.5) is 37.7 Å². The first-order valence-corrected chi connectivity index (χ1v) is 15.3. The number of methoxy groups -OCH3 is 1. The minimum Gasteiger partial charge on any atom is -0.486 e. The van der Waals surface area contributed by atoms with Crippen molar-refractivity contribution in [3.8, 4) is 11.5 Å². The van der Waals surface area contributed by atoms with E-state index in [2.05, 4.69) is 9.47 Å². The minimum absolute atomic E-state index is 0.0431. The highest BCUT2D eigenvalue weighted by Gasteiger charge is 2.40. The minimum atomic E-state index is -4.93. The summed E-state index contributed by atoms with van der Waals surface area (Å²) >= 11 is 6.23. The van der Waals surface area contributed by atoms with Crippen LogP contribution in [0.3, 0.4) is 0 Å². The summed E-state index contributed by atoms with van der Waals surface area (Å²) < 4.78 is 123. The number of hydrogen-bond acceptors (Lipinski definition) is 7. The quantitative estimate of drug-likeness (QED) is 0.192. The predicted molar refractivity (Wildman–Crippen MR) is 151 cm³/mol. The fourth-order valence-corrected chi connectivity index (χ4v) is 7.08. The Hall–Kier alpha value is -3.85. The molecule has 16 heteroatoms. The number of hydrogen-bond donors (Lipinski definition) is 0. The van der Waals surface area contributed by atoms with E-state index in [4.69, 9.17) is 16.3 Å². The van der Waals surface area contributed by atoms with Crippen molar-refractivity contribution in [3.63, 3.8) is 0 Å². The molecule has 0 N–H and O–H groups in total. The Labute approximate surface area is 259 Å². The third kappa shape index (κ3) is 7.03. The molecule has 2 aliphatic rings. The second kappa shape index (κ2) is 12.2. The number of fused-ring (bicyclic) bond motifs is 1. The zero-order chi connectivity index (χ0) is 32.7. The summed E-state index contributed by atoms with van der Waals surface area (Å²) in [6.45, 7) is 0.103. The maximum atomic E-state index is 13.8. The smallest absolute Gasteiger partial charge is 0.486 e. The molecule has 0 aromatic heterocycles. The van der Waals surface area contributed by atoms with Gasteiger partial charge in [0.25, 0.3) is 10.0 Å². The summed E-state index contributed by atoms with van der Waals surface area (Å²) in [6.07, 6.45) is -10.6. The number of halogens is 7. The Balaban J connectivity index is 1.46. The molecule has 0 unspecified atom stereocenters. The molecule has 0 radical (unpaired) electrons. The Kier molecular flexibility index (Phi) is 8.79. The number of sulfonamides is 1. The average molecular weight is 679 g/mol. The van der Waals surface area contributed by atoms with Crippen molar-refractivity contribution in [2.24, 2.45) is 0 Å². The van der Waals surface area contributed by atoms with Crippen LogP contribution in [0.2, 0.25) is 5.02 Å². The van der Waals surface area contributed by atoms with E-state index in [1.54, 1.807) is 11.0 Å². The van der Waals surface area contributed by atoms with Gasteiger partial charge in [0.15, 0.2) is 0 Å². The highest BCUT2D eigenvalue weighted by Crippen LogP contribution is 2.45. The van der Waals surface area contributed by atoms with Gasteiger partial charge in [-0.2, -0.15) is 13.2 Å². The normalized spacial score (nSPS) is 17.3. The molecule has 3 aromatic carbocycles. The fourth-order valence-electron chi connectivity index (χ4n) is 5.22. The number of alkyl halides is 6. The molecule has 1 atom stereocenters. The van der Waals surface area contributed by atoms with Gasteiger partial charge in [0.05, 0.1) is 29.8 Å². The van der Waals surface area contributed by atoms with Gasteiger partial charge in [-0.3, -0.25) is 9.10 Å². The van der Waals surface area contributed by atoms with Crippen LogP contribution in [0, 0.1) is 0 Å². The number of anilines is 2. The average Bonchev–Trinajstić information content (AvgIpc) is 2.94. The third-order valence-corrected chi connectivity index (χ3v) is 9.52. The molecule has 5 rings (SSSR count). The molecule has 0 bridgehead atoms. The standard InChI is InChI=1S/C29H25ClF6N2O6S/c1-42-26(39)11-9-20-16-38(45(40,41)21-5-2-4-18(12-21)28(31,32)33)23-13-19(8-10-24(23)43-20)37-14-17(15-37)27-22(30)6-3-7-25(27)44-29(34,35)36/h2-8,10,12-13,17,20H,9,11,14-16H2,1H3/t20-/m0/s1. The number of esters is 1. The van der Waals surface area contributed by atoms with E-state index >= 15 is 0 Å². The zero-order valence-corrected chi connectivity index (χ0v) is 24.9. The largest absolute Gasteiger partial charge is 0.573 e. The van der Waals surface area contributed by atoms with Gasteiger partial charge >= 0.3 is 18.5 Å². The molecule has 1 fully saturated rings. The molecule has 8 nitrogen and oxygen atoms in total. The van der Waals surface area contributed by atoms with Gasteiger partial charge in [-0.1, -0.05) is 23.7 Å². The number of benzene rings is 3. The second-order valence-electron chi connectivity index (χ2n) is 10.4. The first-order valence-electron chi connectivity index (χ1n) is 13.4. The van der Waals surface area contributed by atoms with Crippen molar-refractivity contribution in [3.05, 3.63) is 76.8 Å². The van der Waals surface area contributed by atoms with Crippen LogP contribution < -0.4 is 18.7 Å². The summed E-state index contributed by atoms with van der Waals surface area (Å²) in [6, 6.07) is 11.9. The number of ether oxygens (including phenoxy) is 3. The van der Waals surface area contributed by atoms with E-state index in [-0.39, 0.29) is 54.5 Å². The first-order chi connectivity index (χ1) is 21.1. The summed E-state index contributed by atoms with van der Waals surface area (Å²) in [5, 5.41) is 0.0941. The van der Waals surface area contributed by atoms with Crippen LogP contribution in [0.1, 0.15) is 29.9 Å². The Morgan fingerprint density at radius 3 is 2.38 bits per heavy atom. The van der Waals surface area contributed by atoms with Crippen LogP contribution in [0.15, 0.2) is 65.6 Å². The Bertz CT molecular complexity index is 1700. The number of carbonyl (C=O) groups excluding carboxylic acids is 1. The molecule has 0 amide bonds. The van der Waals surface area contributed by atoms with Crippen molar-refractivity contribution in [1.82, 2.24) is 0 Å². The van der Waals surface area contributed by atoms with E-state index < -0.39 is 56.8 Å². The Morgan fingerprint density at radius 2 is 1.71 bits per heavy atom. The summed E-state index contributed by atoms with van der Waals surface area (Å²) in [7, 11) is -3.37. The molecule has 242 valence electrons. The highest BCUT2D eigenvalue weighted by atomic mass is 35.5. The maximum Gasteiger partial charge on any atom is 0.573 e. The highest BCUT2D eigenvalue weighted by molar-refractivity contribution is 7.92. The molecule has 2 aliphatic heterocycles. The third-order valence-electron chi connectivity index (χ3n) is 7.42. The van der Waals surface area contributed by atoms with Gasteiger partial charge in [-0.05, 0) is 55.0 Å². The van der Waals surface area contributed by atoms with Crippen molar-refractivity contribution < 1.29 is 53.8 Å². The number of rotatable bonds is 8. The summed E-state index contributed by atoms with van der Waals surface area (Å²) in [4.78, 5) is 12.9. The molecule has 3 aromatic rings. The lowest BCUT2D eigenvalue weighted by atomic mass is 9.90. The first kappa shape index (κ1) is 32.5. The SMILES string of the molecule is COC(=O)CC[C@H]1CN(S(=O)(=O)c2cccc(C(F)(F)F)c2)c2cc(N3CC(c4c(Cl)cccc4OC(F)(F)F)C3)ccc2O1. The molecule has 1 saturated heterocycles. The van der Waals surface area contributed by atoms with Gasteiger partial charge in [0.1, 0.15) is 17.6 Å². The van der Waals surface area contributed by atoms with E-state index in [0.717, 1.165) is 22.5 Å². The molecular weight excluding hydrogens is 654 g/mol. The monoisotopic (exact) mass is 678 g/mol. The van der Waals surface area contributed by atoms with Crippen molar-refractivity contribution in [2.45, 2.75) is 42.3 Å². The number of carbonyl (C=O) groups is 1. The van der Waals surface area contributed by atoms with E-state index in [0.29, 0.717) is 11.8 Å². The van der Waals surface area contributed by atoms with Crippen LogP contribution in [-0.4, -0.2) is 53.6 Å². The number of nitrogens with zero attached hydrogens (tertiary/aromatic N) is 2. The molecule has 2 heterocycles. The van der Waals surface area contributed by atoms with E-state index in [1.165, 1.54) is 37.4 Å². The maximum absolute atomic E-state index is 13.8. The zero-order valence-electron chi connectivity index (χ0n) is 23.4. The lowest BCUT2D eigenvalue weighted by Gasteiger charge is -2.43. The van der Waals surface area contributed by atoms with Crippen molar-refractivity contribution in [1.29, 1.82) is 0 Å². The van der Waals surface area contributed by atoms with Crippen molar-refractivity contribution in [2.75, 3.05) is 35.9 Å². The van der Waals surface area contributed by atoms with Crippen LogP contribution >= 0.6 is 11.6 Å². The van der Waals surface area contributed by atoms with E-state index in [9.17, 15) is 39.6 Å². The molecular formula is C29H25ClF6N2O6S. The van der Waals surface area contributed by atoms with Crippen molar-refractivity contribution >= 4 is 39.0 Å². The molecule has 0 spiro atoms. The molecule has 0 saturated carbocycles. The van der Waals surface area contributed by atoms with Crippen LogP contribution in [-0.2, 0) is 25.7 Å². The van der Waals surface area contributed by atoms with Gasteiger partial charge in [0, 0.05) is 41.7 Å². The van der Waals surface area contributed by atoms with Gasteiger partial charge < -0.3 is 19.1 Å². The summed E-state index contributed by atoms with van der Waals surface area (Å²) in [5.74, 6) is -1.31. The van der Waals surface area contributed by atoms with E-state index in [1.807, 2.05) is 0 Å². The lowest BCUT2D eigenvalue weighted by molar-refractivity contribution is -0.275. The lowest BCUT2D eigenvalue weighted by Crippen LogP contribution is -2.46. The molecule has 0 aliphatic carbocycles. The molecule has 45 heavy (non-hydrogen) atoms. The van der Waals surface area contributed by atoms with Gasteiger partial charge in [-0.25, -0.2) is 8.42 Å². The Morgan fingerprint density at radius 1 is 1.00 bits per heavy atom. The fraction of sp³-hybridized carbons (Fsp3) is 0.345.